The Morgan fingerprint density at radius 2 is 1.93 bits per heavy atom. The van der Waals surface area contributed by atoms with E-state index >= 15 is 0 Å². The molecule has 0 aromatic carbocycles. The Kier molecular flexibility index (Phi) is 6.06. The van der Waals surface area contributed by atoms with Gasteiger partial charge in [0.2, 0.25) is 0 Å². The summed E-state index contributed by atoms with van der Waals surface area (Å²) in [5.41, 5.74) is 1.92. The molecule has 1 N–H and O–H groups in total. The highest BCUT2D eigenvalue weighted by Crippen LogP contribution is 2.66. The van der Waals surface area contributed by atoms with E-state index in [1.165, 1.54) is 57.8 Å². The van der Waals surface area contributed by atoms with E-state index in [9.17, 15) is 9.90 Å². The number of hydrogen-bond donors (Lipinski definition) is 1. The molecule has 2 nitrogen and oxygen atoms in total. The van der Waals surface area contributed by atoms with Crippen LogP contribution in [0.5, 0.6) is 0 Å². The Bertz CT molecular complexity index is 651. The summed E-state index contributed by atoms with van der Waals surface area (Å²) in [5.74, 6) is 4.14. The van der Waals surface area contributed by atoms with E-state index in [1.807, 2.05) is 0 Å². The average Bonchev–Trinajstić information content (AvgIpc) is 3.07. The van der Waals surface area contributed by atoms with Crippen molar-refractivity contribution in [1.82, 2.24) is 0 Å². The second-order valence-corrected chi connectivity index (χ2v) is 11.8. The van der Waals surface area contributed by atoms with E-state index in [0.717, 1.165) is 18.8 Å². The van der Waals surface area contributed by atoms with Gasteiger partial charge in [0.05, 0.1) is 0 Å². The Morgan fingerprint density at radius 1 is 1.14 bits per heavy atom. The fourth-order valence-electron chi connectivity index (χ4n) is 8.43. The summed E-state index contributed by atoms with van der Waals surface area (Å²) in [5, 5.41) is 9.31. The minimum Gasteiger partial charge on any atom is -0.396 e. The SMILES string of the molecule is CC(CO)CCC[C@@H](C)[C@H]1CC[C@H]2[C@@H]3CC=C4CCCC[C@]4(C)[C@H]3CC(=O)[C@]12C. The molecule has 0 spiro atoms. The van der Waals surface area contributed by atoms with Crippen LogP contribution in [0.4, 0.5) is 0 Å². The molecular formula is C27H44O2. The third kappa shape index (κ3) is 3.46. The zero-order chi connectivity index (χ0) is 20.8. The predicted octanol–water partition coefficient (Wildman–Crippen LogP) is 6.57. The largest absolute Gasteiger partial charge is 0.396 e. The summed E-state index contributed by atoms with van der Waals surface area (Å²) >= 11 is 0. The third-order valence-electron chi connectivity index (χ3n) is 10.3. The second kappa shape index (κ2) is 8.13. The van der Waals surface area contributed by atoms with Crippen molar-refractivity contribution in [2.24, 2.45) is 46.3 Å². The quantitative estimate of drug-likeness (QED) is 0.512. The molecule has 3 saturated carbocycles. The minimum absolute atomic E-state index is 0.0838. The van der Waals surface area contributed by atoms with Gasteiger partial charge in [0.25, 0.3) is 0 Å². The standard InChI is InChI=1S/C27H44O2/c1-18(17-28)8-7-9-19(2)22-13-14-23-21-12-11-20-10-5-6-15-26(20,3)24(21)16-25(29)27(22,23)4/h11,18-19,21-24,28H,5-10,12-17H2,1-4H3/t18?,19-,21+,22-,23+,24+,26+,27-/m1/s1. The molecule has 0 bridgehead atoms. The number of fused-ring (bicyclic) bond motifs is 5. The molecule has 4 rings (SSSR count). The van der Waals surface area contributed by atoms with Crippen molar-refractivity contribution in [3.05, 3.63) is 11.6 Å². The fraction of sp³-hybridized carbons (Fsp3) is 0.889. The van der Waals surface area contributed by atoms with Gasteiger partial charge >= 0.3 is 0 Å². The molecule has 2 heteroatoms. The second-order valence-electron chi connectivity index (χ2n) is 11.8. The molecule has 0 saturated heterocycles. The van der Waals surface area contributed by atoms with Gasteiger partial charge in [0.1, 0.15) is 5.78 Å². The molecule has 0 amide bonds. The predicted molar refractivity (Wildman–Crippen MR) is 119 cm³/mol. The van der Waals surface area contributed by atoms with Crippen LogP contribution in [0.15, 0.2) is 11.6 Å². The van der Waals surface area contributed by atoms with E-state index in [4.69, 9.17) is 0 Å². The van der Waals surface area contributed by atoms with E-state index in [2.05, 4.69) is 33.8 Å². The molecule has 8 atom stereocenters. The average molecular weight is 401 g/mol. The normalized spacial score (nSPS) is 43.8. The fourth-order valence-corrected chi connectivity index (χ4v) is 8.43. The van der Waals surface area contributed by atoms with Crippen molar-refractivity contribution in [2.75, 3.05) is 6.61 Å². The highest BCUT2D eigenvalue weighted by Gasteiger charge is 2.62. The summed E-state index contributed by atoms with van der Waals surface area (Å²) in [4.78, 5) is 13.8. The van der Waals surface area contributed by atoms with Crippen LogP contribution in [-0.2, 0) is 4.79 Å². The number of aliphatic hydroxyl groups excluding tert-OH is 1. The lowest BCUT2D eigenvalue weighted by Crippen LogP contribution is -2.54. The molecule has 3 fully saturated rings. The first-order valence-electron chi connectivity index (χ1n) is 12.7. The molecular weight excluding hydrogens is 356 g/mol. The van der Waals surface area contributed by atoms with Gasteiger partial charge in [-0.15, -0.1) is 0 Å². The molecule has 0 aliphatic heterocycles. The lowest BCUT2D eigenvalue weighted by Gasteiger charge is -2.57. The summed E-state index contributed by atoms with van der Waals surface area (Å²) in [6.45, 7) is 9.71. The van der Waals surface area contributed by atoms with Crippen LogP contribution >= 0.6 is 0 Å². The molecule has 1 unspecified atom stereocenters. The van der Waals surface area contributed by atoms with Gasteiger partial charge in [-0.3, -0.25) is 4.79 Å². The highest BCUT2D eigenvalue weighted by molar-refractivity contribution is 5.87. The zero-order valence-corrected chi connectivity index (χ0v) is 19.4. The van der Waals surface area contributed by atoms with Crippen molar-refractivity contribution in [1.29, 1.82) is 0 Å². The number of allylic oxidation sites excluding steroid dienone is 2. The van der Waals surface area contributed by atoms with E-state index in [0.29, 0.717) is 47.4 Å². The van der Waals surface area contributed by atoms with Crippen LogP contribution in [-0.4, -0.2) is 17.5 Å². The van der Waals surface area contributed by atoms with Crippen molar-refractivity contribution in [3.63, 3.8) is 0 Å². The third-order valence-corrected chi connectivity index (χ3v) is 10.3. The minimum atomic E-state index is -0.0838. The summed E-state index contributed by atoms with van der Waals surface area (Å²) in [6.07, 6.45) is 16.0. The first-order chi connectivity index (χ1) is 13.8. The van der Waals surface area contributed by atoms with Gasteiger partial charge in [-0.2, -0.15) is 0 Å². The molecule has 4 aliphatic carbocycles. The maximum atomic E-state index is 13.8. The van der Waals surface area contributed by atoms with Crippen molar-refractivity contribution in [3.8, 4) is 0 Å². The zero-order valence-electron chi connectivity index (χ0n) is 19.4. The molecule has 4 aliphatic rings. The van der Waals surface area contributed by atoms with Gasteiger partial charge in [-0.1, -0.05) is 58.6 Å². The number of hydrogen-bond acceptors (Lipinski definition) is 2. The van der Waals surface area contributed by atoms with Crippen LogP contribution < -0.4 is 0 Å². The maximum Gasteiger partial charge on any atom is 0.139 e. The number of aliphatic hydroxyl groups is 1. The number of carbonyl (C=O) groups is 1. The molecule has 0 radical (unpaired) electrons. The number of carbonyl (C=O) groups excluding carboxylic acids is 1. The Hall–Kier alpha value is -0.630. The summed E-state index contributed by atoms with van der Waals surface area (Å²) in [7, 11) is 0. The molecule has 0 heterocycles. The topological polar surface area (TPSA) is 37.3 Å². The Balaban J connectivity index is 1.51. The summed E-state index contributed by atoms with van der Waals surface area (Å²) in [6, 6.07) is 0. The van der Waals surface area contributed by atoms with Crippen molar-refractivity contribution < 1.29 is 9.90 Å². The van der Waals surface area contributed by atoms with Gasteiger partial charge in [0.15, 0.2) is 0 Å². The Morgan fingerprint density at radius 3 is 2.69 bits per heavy atom. The molecule has 29 heavy (non-hydrogen) atoms. The number of Topliss-reactive ketones (excluding diaryl/α,β-unsaturated/α-hetero) is 1. The molecule has 164 valence electrons. The van der Waals surface area contributed by atoms with Gasteiger partial charge < -0.3 is 5.11 Å². The smallest absolute Gasteiger partial charge is 0.139 e. The first kappa shape index (κ1) is 21.6. The van der Waals surface area contributed by atoms with Crippen LogP contribution in [0.1, 0.15) is 98.3 Å². The highest BCUT2D eigenvalue weighted by atomic mass is 16.3. The van der Waals surface area contributed by atoms with Crippen LogP contribution in [0.3, 0.4) is 0 Å². The van der Waals surface area contributed by atoms with Crippen LogP contribution in [0, 0.1) is 46.3 Å². The maximum absolute atomic E-state index is 13.8. The molecule has 0 aromatic rings. The number of ketones is 1. The van der Waals surface area contributed by atoms with Gasteiger partial charge in [-0.25, -0.2) is 0 Å². The lowest BCUT2D eigenvalue weighted by atomic mass is 9.46. The van der Waals surface area contributed by atoms with Crippen molar-refractivity contribution in [2.45, 2.75) is 98.3 Å². The molecule has 0 aromatic heterocycles. The summed E-state index contributed by atoms with van der Waals surface area (Å²) < 4.78 is 0. The van der Waals surface area contributed by atoms with Gasteiger partial charge in [0, 0.05) is 18.4 Å². The first-order valence-corrected chi connectivity index (χ1v) is 12.7. The van der Waals surface area contributed by atoms with E-state index < -0.39 is 0 Å². The Labute approximate surface area is 178 Å². The van der Waals surface area contributed by atoms with Crippen LogP contribution in [0.2, 0.25) is 0 Å². The van der Waals surface area contributed by atoms with E-state index in [1.54, 1.807) is 5.57 Å². The number of rotatable bonds is 6. The lowest BCUT2D eigenvalue weighted by molar-refractivity contribution is -0.147. The van der Waals surface area contributed by atoms with Crippen LogP contribution in [0.25, 0.3) is 0 Å². The monoisotopic (exact) mass is 400 g/mol. The van der Waals surface area contributed by atoms with Gasteiger partial charge in [-0.05, 0) is 85.9 Å². The van der Waals surface area contributed by atoms with E-state index in [-0.39, 0.29) is 5.41 Å². The van der Waals surface area contributed by atoms with Crippen molar-refractivity contribution >= 4 is 5.78 Å².